The number of ether oxygens (including phenoxy) is 1. The molecule has 0 aliphatic carbocycles. The van der Waals surface area contributed by atoms with E-state index in [1.807, 2.05) is 20.0 Å². The molecule has 1 aromatic heterocycles. The van der Waals surface area contributed by atoms with Gasteiger partial charge >= 0.3 is 5.97 Å². The van der Waals surface area contributed by atoms with Gasteiger partial charge in [0.1, 0.15) is 0 Å². The van der Waals surface area contributed by atoms with E-state index in [0.29, 0.717) is 5.69 Å². The summed E-state index contributed by atoms with van der Waals surface area (Å²) in [4.78, 5) is 10.9. The molecule has 1 atom stereocenters. The highest BCUT2D eigenvalue weighted by Gasteiger charge is 2.17. The SMILES string of the molecule is COC(=O)C(O)Cc1cc(C)n(C)n1. The third-order valence-corrected chi connectivity index (χ3v) is 2.04. The Morgan fingerprint density at radius 3 is 2.86 bits per heavy atom. The Morgan fingerprint density at radius 2 is 2.43 bits per heavy atom. The summed E-state index contributed by atoms with van der Waals surface area (Å²) >= 11 is 0. The maximum absolute atomic E-state index is 10.9. The lowest BCUT2D eigenvalue weighted by atomic mass is 10.2. The van der Waals surface area contributed by atoms with Crippen molar-refractivity contribution in [1.29, 1.82) is 0 Å². The van der Waals surface area contributed by atoms with Crippen LogP contribution in [0.25, 0.3) is 0 Å². The van der Waals surface area contributed by atoms with Crippen molar-refractivity contribution in [2.45, 2.75) is 19.4 Å². The molecule has 1 N–H and O–H groups in total. The van der Waals surface area contributed by atoms with Gasteiger partial charge in [-0.05, 0) is 13.0 Å². The van der Waals surface area contributed by atoms with E-state index in [9.17, 15) is 9.90 Å². The van der Waals surface area contributed by atoms with Crippen LogP contribution in [0.4, 0.5) is 0 Å². The van der Waals surface area contributed by atoms with E-state index in [0.717, 1.165) is 5.69 Å². The molecule has 0 saturated carbocycles. The summed E-state index contributed by atoms with van der Waals surface area (Å²) in [7, 11) is 3.05. The summed E-state index contributed by atoms with van der Waals surface area (Å²) in [6, 6.07) is 1.83. The highest BCUT2D eigenvalue weighted by Crippen LogP contribution is 2.05. The first kappa shape index (κ1) is 10.7. The van der Waals surface area contributed by atoms with Gasteiger partial charge in [-0.25, -0.2) is 4.79 Å². The Bertz CT molecular complexity index is 313. The number of nitrogens with zero attached hydrogens (tertiary/aromatic N) is 2. The average molecular weight is 198 g/mol. The number of aromatic nitrogens is 2. The Balaban J connectivity index is 2.64. The zero-order valence-corrected chi connectivity index (χ0v) is 8.52. The first-order valence-electron chi connectivity index (χ1n) is 4.30. The Hall–Kier alpha value is -1.36. The number of esters is 1. The maximum Gasteiger partial charge on any atom is 0.335 e. The highest BCUT2D eigenvalue weighted by molar-refractivity contribution is 5.74. The molecule has 1 unspecified atom stereocenters. The van der Waals surface area contributed by atoms with E-state index < -0.39 is 12.1 Å². The van der Waals surface area contributed by atoms with Crippen molar-refractivity contribution in [3.8, 4) is 0 Å². The normalized spacial score (nSPS) is 12.6. The number of aryl methyl sites for hydroxylation is 2. The van der Waals surface area contributed by atoms with E-state index in [1.54, 1.807) is 4.68 Å². The number of carbonyl (C=O) groups is 1. The minimum Gasteiger partial charge on any atom is -0.467 e. The topological polar surface area (TPSA) is 64.3 Å². The summed E-state index contributed by atoms with van der Waals surface area (Å²) in [6.45, 7) is 1.90. The van der Waals surface area contributed by atoms with Gasteiger partial charge in [-0.2, -0.15) is 5.10 Å². The van der Waals surface area contributed by atoms with Crippen LogP contribution >= 0.6 is 0 Å². The van der Waals surface area contributed by atoms with Gasteiger partial charge in [-0.15, -0.1) is 0 Å². The van der Waals surface area contributed by atoms with E-state index in [4.69, 9.17) is 0 Å². The monoisotopic (exact) mass is 198 g/mol. The predicted octanol–water partition coefficient (Wildman–Crippen LogP) is -0.195. The number of hydrogen-bond acceptors (Lipinski definition) is 4. The quantitative estimate of drug-likeness (QED) is 0.683. The third-order valence-electron chi connectivity index (χ3n) is 2.04. The third kappa shape index (κ3) is 2.32. The van der Waals surface area contributed by atoms with Crippen LogP contribution in [0.3, 0.4) is 0 Å². The van der Waals surface area contributed by atoms with Gasteiger partial charge in [0, 0.05) is 19.2 Å². The van der Waals surface area contributed by atoms with Crippen molar-refractivity contribution < 1.29 is 14.6 Å². The second-order valence-corrected chi connectivity index (χ2v) is 3.14. The van der Waals surface area contributed by atoms with E-state index in [-0.39, 0.29) is 6.42 Å². The molecule has 0 aliphatic rings. The number of carbonyl (C=O) groups excluding carboxylic acids is 1. The van der Waals surface area contributed by atoms with E-state index in [2.05, 4.69) is 9.84 Å². The molecule has 0 aliphatic heterocycles. The van der Waals surface area contributed by atoms with E-state index >= 15 is 0 Å². The Labute approximate surface area is 82.3 Å². The minimum atomic E-state index is -1.13. The number of aliphatic hydroxyl groups is 1. The number of methoxy groups -OCH3 is 1. The molecule has 1 rings (SSSR count). The van der Waals surface area contributed by atoms with Crippen LogP contribution in [0, 0.1) is 6.92 Å². The Kier molecular flexibility index (Phi) is 3.24. The molecule has 0 saturated heterocycles. The molecule has 5 heteroatoms. The zero-order valence-electron chi connectivity index (χ0n) is 8.52. The molecule has 0 aromatic carbocycles. The standard InChI is InChI=1S/C9H14N2O3/c1-6-4-7(10-11(6)2)5-8(12)9(13)14-3/h4,8,12H,5H2,1-3H3. The van der Waals surface area contributed by atoms with Gasteiger partial charge < -0.3 is 9.84 Å². The first-order valence-corrected chi connectivity index (χ1v) is 4.30. The molecular weight excluding hydrogens is 184 g/mol. The summed E-state index contributed by atoms with van der Waals surface area (Å²) < 4.78 is 6.09. The Morgan fingerprint density at radius 1 is 1.79 bits per heavy atom. The average Bonchev–Trinajstić information content (AvgIpc) is 2.44. The van der Waals surface area contributed by atoms with Crippen LogP contribution in [0.1, 0.15) is 11.4 Å². The molecule has 0 bridgehead atoms. The van der Waals surface area contributed by atoms with Gasteiger partial charge in [0.2, 0.25) is 0 Å². The van der Waals surface area contributed by atoms with Gasteiger partial charge in [0.25, 0.3) is 0 Å². The van der Waals surface area contributed by atoms with Crippen molar-refractivity contribution in [2.75, 3.05) is 7.11 Å². The van der Waals surface area contributed by atoms with Crippen molar-refractivity contribution in [3.05, 3.63) is 17.5 Å². The molecule has 1 heterocycles. The van der Waals surface area contributed by atoms with Crippen LogP contribution in [-0.4, -0.2) is 34.1 Å². The lowest BCUT2D eigenvalue weighted by Crippen LogP contribution is -2.24. The number of hydrogen-bond donors (Lipinski definition) is 1. The van der Waals surface area contributed by atoms with Gasteiger partial charge in [-0.1, -0.05) is 0 Å². The van der Waals surface area contributed by atoms with Crippen molar-refractivity contribution >= 4 is 5.97 Å². The molecule has 0 fully saturated rings. The minimum absolute atomic E-state index is 0.189. The molecular formula is C9H14N2O3. The fourth-order valence-corrected chi connectivity index (χ4v) is 1.15. The molecule has 0 amide bonds. The fourth-order valence-electron chi connectivity index (χ4n) is 1.15. The molecule has 0 radical (unpaired) electrons. The van der Waals surface area contributed by atoms with Gasteiger partial charge in [0.15, 0.2) is 6.10 Å². The summed E-state index contributed by atoms with van der Waals surface area (Å²) in [5.74, 6) is -0.631. The van der Waals surface area contributed by atoms with Crippen LogP contribution < -0.4 is 0 Å². The second-order valence-electron chi connectivity index (χ2n) is 3.14. The zero-order chi connectivity index (χ0) is 10.7. The lowest BCUT2D eigenvalue weighted by Gasteiger charge is -2.05. The summed E-state index contributed by atoms with van der Waals surface area (Å²) in [6.07, 6.45) is -0.941. The molecule has 1 aromatic rings. The van der Waals surface area contributed by atoms with E-state index in [1.165, 1.54) is 7.11 Å². The first-order chi connectivity index (χ1) is 6.54. The van der Waals surface area contributed by atoms with Gasteiger partial charge in [-0.3, -0.25) is 4.68 Å². The van der Waals surface area contributed by atoms with Crippen LogP contribution in [0.5, 0.6) is 0 Å². The summed E-state index contributed by atoms with van der Waals surface area (Å²) in [5, 5.41) is 13.5. The van der Waals surface area contributed by atoms with Crippen LogP contribution in [0.15, 0.2) is 6.07 Å². The highest BCUT2D eigenvalue weighted by atomic mass is 16.5. The molecule has 5 nitrogen and oxygen atoms in total. The van der Waals surface area contributed by atoms with Crippen LogP contribution in [0.2, 0.25) is 0 Å². The van der Waals surface area contributed by atoms with Crippen molar-refractivity contribution in [3.63, 3.8) is 0 Å². The fraction of sp³-hybridized carbons (Fsp3) is 0.556. The maximum atomic E-state index is 10.9. The molecule has 14 heavy (non-hydrogen) atoms. The van der Waals surface area contributed by atoms with Crippen LogP contribution in [-0.2, 0) is 23.0 Å². The largest absolute Gasteiger partial charge is 0.467 e. The number of rotatable bonds is 3. The summed E-state index contributed by atoms with van der Waals surface area (Å²) in [5.41, 5.74) is 1.67. The number of aliphatic hydroxyl groups excluding tert-OH is 1. The van der Waals surface area contributed by atoms with Crippen molar-refractivity contribution in [1.82, 2.24) is 9.78 Å². The van der Waals surface area contributed by atoms with Crippen molar-refractivity contribution in [2.24, 2.45) is 7.05 Å². The second kappa shape index (κ2) is 4.23. The molecule has 78 valence electrons. The predicted molar refractivity (Wildman–Crippen MR) is 49.7 cm³/mol. The lowest BCUT2D eigenvalue weighted by molar-refractivity contribution is -0.150. The molecule has 0 spiro atoms. The van der Waals surface area contributed by atoms with Gasteiger partial charge in [0.05, 0.1) is 12.8 Å². The smallest absolute Gasteiger partial charge is 0.335 e.